The molecule has 3 aromatic rings. The van der Waals surface area contributed by atoms with Crippen molar-refractivity contribution in [2.24, 2.45) is 0 Å². The van der Waals surface area contributed by atoms with Crippen LogP contribution in [0.5, 0.6) is 5.88 Å². The topological polar surface area (TPSA) is 76.2 Å². The molecule has 1 saturated heterocycles. The molecule has 6 nitrogen and oxygen atoms in total. The van der Waals surface area contributed by atoms with Crippen LogP contribution in [0.25, 0.3) is 10.9 Å². The maximum absolute atomic E-state index is 12.6. The highest BCUT2D eigenvalue weighted by molar-refractivity contribution is 5.88. The fourth-order valence-electron chi connectivity index (χ4n) is 3.27. The standard InChI is InChI=1S/C20H21N3O3/c24-19(11-14-12-22-16-6-2-1-5-15(14)16)23-17-13-25-10-8-18(17)26-20-7-3-4-9-21-20/h1-7,9,12,17-18,22H,8,10-11,13H2,(H,23,24)/t17-,18-/m1/s1. The Morgan fingerprint density at radius 1 is 1.27 bits per heavy atom. The van der Waals surface area contributed by atoms with Gasteiger partial charge >= 0.3 is 0 Å². The molecule has 2 aromatic heterocycles. The second kappa shape index (κ2) is 7.58. The van der Waals surface area contributed by atoms with E-state index in [-0.39, 0.29) is 18.1 Å². The molecule has 0 spiro atoms. The normalized spacial score (nSPS) is 20.0. The number of benzene rings is 1. The van der Waals surface area contributed by atoms with Gasteiger partial charge in [-0.1, -0.05) is 24.3 Å². The highest BCUT2D eigenvalue weighted by Gasteiger charge is 2.29. The van der Waals surface area contributed by atoms with Crippen molar-refractivity contribution in [3.63, 3.8) is 0 Å². The van der Waals surface area contributed by atoms with Gasteiger partial charge in [0.05, 0.1) is 25.7 Å². The summed E-state index contributed by atoms with van der Waals surface area (Å²) in [5.41, 5.74) is 2.02. The number of hydrogen-bond acceptors (Lipinski definition) is 4. The highest BCUT2D eigenvalue weighted by Crippen LogP contribution is 2.19. The van der Waals surface area contributed by atoms with Crippen molar-refractivity contribution in [3.05, 3.63) is 60.4 Å². The molecule has 0 unspecified atom stereocenters. The Labute approximate surface area is 151 Å². The minimum absolute atomic E-state index is 0.0418. The average molecular weight is 351 g/mol. The molecule has 6 heteroatoms. The van der Waals surface area contributed by atoms with Gasteiger partial charge in [0.15, 0.2) is 0 Å². The average Bonchev–Trinajstić information content (AvgIpc) is 3.07. The number of ether oxygens (including phenoxy) is 2. The molecule has 1 aliphatic rings. The van der Waals surface area contributed by atoms with Crippen molar-refractivity contribution in [2.45, 2.75) is 25.0 Å². The van der Waals surface area contributed by atoms with E-state index in [4.69, 9.17) is 9.47 Å². The minimum atomic E-state index is -0.191. The summed E-state index contributed by atoms with van der Waals surface area (Å²) in [5.74, 6) is 0.523. The number of H-pyrrole nitrogens is 1. The summed E-state index contributed by atoms with van der Waals surface area (Å²) in [6.07, 6.45) is 4.47. The van der Waals surface area contributed by atoms with Crippen LogP contribution in [0.2, 0.25) is 0 Å². The molecule has 0 radical (unpaired) electrons. The van der Waals surface area contributed by atoms with Crippen LogP contribution in [0.3, 0.4) is 0 Å². The van der Waals surface area contributed by atoms with E-state index in [9.17, 15) is 4.79 Å². The number of carbonyl (C=O) groups is 1. The van der Waals surface area contributed by atoms with Gasteiger partial charge in [-0.2, -0.15) is 0 Å². The molecule has 3 heterocycles. The zero-order valence-electron chi connectivity index (χ0n) is 14.4. The molecule has 26 heavy (non-hydrogen) atoms. The van der Waals surface area contributed by atoms with Crippen molar-refractivity contribution >= 4 is 16.8 Å². The lowest BCUT2D eigenvalue weighted by Crippen LogP contribution is -2.52. The first-order chi connectivity index (χ1) is 12.8. The van der Waals surface area contributed by atoms with E-state index in [1.165, 1.54) is 0 Å². The number of aromatic amines is 1. The number of fused-ring (bicyclic) bond motifs is 1. The predicted octanol–water partition coefficient (Wildman–Crippen LogP) is 2.46. The molecule has 2 atom stereocenters. The molecule has 0 bridgehead atoms. The Morgan fingerprint density at radius 3 is 3.04 bits per heavy atom. The van der Waals surface area contributed by atoms with Gasteiger partial charge in [0.1, 0.15) is 6.10 Å². The van der Waals surface area contributed by atoms with Crippen molar-refractivity contribution in [1.29, 1.82) is 0 Å². The van der Waals surface area contributed by atoms with Crippen LogP contribution >= 0.6 is 0 Å². The van der Waals surface area contributed by atoms with Gasteiger partial charge in [-0.3, -0.25) is 4.79 Å². The first kappa shape index (κ1) is 16.6. The van der Waals surface area contributed by atoms with Crippen molar-refractivity contribution in [1.82, 2.24) is 15.3 Å². The highest BCUT2D eigenvalue weighted by atomic mass is 16.5. The molecule has 1 aromatic carbocycles. The predicted molar refractivity (Wildman–Crippen MR) is 98.0 cm³/mol. The number of amides is 1. The van der Waals surface area contributed by atoms with Crippen molar-refractivity contribution in [2.75, 3.05) is 13.2 Å². The summed E-state index contributed by atoms with van der Waals surface area (Å²) in [5, 5.41) is 4.13. The first-order valence-electron chi connectivity index (χ1n) is 8.79. The quantitative estimate of drug-likeness (QED) is 0.740. The Hall–Kier alpha value is -2.86. The molecule has 2 N–H and O–H groups in total. The van der Waals surface area contributed by atoms with E-state index in [0.29, 0.717) is 31.9 Å². The lowest BCUT2D eigenvalue weighted by Gasteiger charge is -2.32. The number of aromatic nitrogens is 2. The Balaban J connectivity index is 1.41. The fourth-order valence-corrected chi connectivity index (χ4v) is 3.27. The summed E-state index contributed by atoms with van der Waals surface area (Å²) in [6.45, 7) is 1.06. The number of nitrogens with zero attached hydrogens (tertiary/aromatic N) is 1. The Kier molecular flexibility index (Phi) is 4.84. The first-order valence-corrected chi connectivity index (χ1v) is 8.79. The Bertz CT molecular complexity index is 878. The van der Waals surface area contributed by atoms with Crippen LogP contribution in [0, 0.1) is 0 Å². The van der Waals surface area contributed by atoms with Crippen LogP contribution in [0.4, 0.5) is 0 Å². The number of rotatable bonds is 5. The minimum Gasteiger partial charge on any atom is -0.472 e. The largest absolute Gasteiger partial charge is 0.472 e. The fraction of sp³-hybridized carbons (Fsp3) is 0.300. The van der Waals surface area contributed by atoms with Gasteiger partial charge in [-0.15, -0.1) is 0 Å². The number of carbonyl (C=O) groups excluding carboxylic acids is 1. The van der Waals surface area contributed by atoms with Gasteiger partial charge in [-0.25, -0.2) is 4.98 Å². The van der Waals surface area contributed by atoms with E-state index in [1.54, 1.807) is 6.20 Å². The molecule has 0 saturated carbocycles. The Morgan fingerprint density at radius 2 is 2.15 bits per heavy atom. The summed E-state index contributed by atoms with van der Waals surface area (Å²) in [7, 11) is 0. The SMILES string of the molecule is O=C(Cc1c[nH]c2ccccc12)N[C@@H]1COCC[C@H]1Oc1ccccn1. The van der Waals surface area contributed by atoms with Gasteiger partial charge in [-0.05, 0) is 17.7 Å². The zero-order chi connectivity index (χ0) is 17.8. The van der Waals surface area contributed by atoms with Gasteiger partial charge in [0.2, 0.25) is 11.8 Å². The number of hydrogen-bond donors (Lipinski definition) is 2. The van der Waals surface area contributed by atoms with Crippen LogP contribution in [-0.4, -0.2) is 41.2 Å². The number of nitrogens with one attached hydrogen (secondary N) is 2. The number of para-hydroxylation sites is 1. The van der Waals surface area contributed by atoms with Crippen LogP contribution in [0.15, 0.2) is 54.9 Å². The summed E-state index contributed by atoms with van der Waals surface area (Å²) < 4.78 is 11.5. The van der Waals surface area contributed by atoms with Gasteiger partial charge < -0.3 is 19.8 Å². The maximum Gasteiger partial charge on any atom is 0.224 e. The molecule has 4 rings (SSSR count). The van der Waals surface area contributed by atoms with Crippen LogP contribution in [-0.2, 0) is 16.0 Å². The molecular formula is C20H21N3O3. The molecule has 1 fully saturated rings. The maximum atomic E-state index is 12.6. The van der Waals surface area contributed by atoms with Crippen LogP contribution < -0.4 is 10.1 Å². The van der Waals surface area contributed by atoms with Crippen LogP contribution in [0.1, 0.15) is 12.0 Å². The molecular weight excluding hydrogens is 330 g/mol. The molecule has 1 aliphatic heterocycles. The van der Waals surface area contributed by atoms with E-state index >= 15 is 0 Å². The van der Waals surface area contributed by atoms with Crippen molar-refractivity contribution in [3.8, 4) is 5.88 Å². The molecule has 134 valence electrons. The van der Waals surface area contributed by atoms with E-state index < -0.39 is 0 Å². The zero-order valence-corrected chi connectivity index (χ0v) is 14.4. The van der Waals surface area contributed by atoms with Gasteiger partial charge in [0.25, 0.3) is 0 Å². The number of pyridine rings is 1. The van der Waals surface area contributed by atoms with Gasteiger partial charge in [0, 0.05) is 35.8 Å². The summed E-state index contributed by atoms with van der Waals surface area (Å²) in [6, 6.07) is 13.3. The molecule has 0 aliphatic carbocycles. The third-order valence-electron chi connectivity index (χ3n) is 4.58. The summed E-state index contributed by atoms with van der Waals surface area (Å²) in [4.78, 5) is 20.0. The summed E-state index contributed by atoms with van der Waals surface area (Å²) >= 11 is 0. The third kappa shape index (κ3) is 3.70. The monoisotopic (exact) mass is 351 g/mol. The third-order valence-corrected chi connectivity index (χ3v) is 4.58. The van der Waals surface area contributed by atoms with Crippen molar-refractivity contribution < 1.29 is 14.3 Å². The van der Waals surface area contributed by atoms with E-state index in [0.717, 1.165) is 16.5 Å². The second-order valence-corrected chi connectivity index (χ2v) is 6.40. The molecule has 1 amide bonds. The lowest BCUT2D eigenvalue weighted by atomic mass is 10.1. The van der Waals surface area contributed by atoms with E-state index in [2.05, 4.69) is 15.3 Å². The smallest absolute Gasteiger partial charge is 0.224 e. The lowest BCUT2D eigenvalue weighted by molar-refractivity contribution is -0.123. The van der Waals surface area contributed by atoms with E-state index in [1.807, 2.05) is 48.7 Å². The second-order valence-electron chi connectivity index (χ2n) is 6.40.